The molecular weight excluding hydrogens is 400 g/mol. The zero-order chi connectivity index (χ0) is 23.5. The highest BCUT2D eigenvalue weighted by atomic mass is 16.5. The Morgan fingerprint density at radius 2 is 0.938 bits per heavy atom. The summed E-state index contributed by atoms with van der Waals surface area (Å²) in [5.74, 6) is 0.0301. The van der Waals surface area contributed by atoms with Crippen LogP contribution in [0.5, 0.6) is 0 Å². The van der Waals surface area contributed by atoms with Crippen molar-refractivity contribution in [3.05, 3.63) is 0 Å². The molecule has 0 unspecified atom stereocenters. The first kappa shape index (κ1) is 31.4. The quantitative estimate of drug-likeness (QED) is 0.0970. The SMILES string of the molecule is CCCCCCCCCCOCC(COCCCCCCCCCC)COC(=O)CCC. The molecule has 0 bridgehead atoms. The molecule has 0 aliphatic heterocycles. The Kier molecular flexibility index (Phi) is 26.1. The van der Waals surface area contributed by atoms with Crippen LogP contribution in [0.25, 0.3) is 0 Å². The Morgan fingerprint density at radius 1 is 0.531 bits per heavy atom. The van der Waals surface area contributed by atoms with Gasteiger partial charge in [0, 0.05) is 25.6 Å². The number of esters is 1. The van der Waals surface area contributed by atoms with Gasteiger partial charge in [-0.1, -0.05) is 111 Å². The van der Waals surface area contributed by atoms with Crippen molar-refractivity contribution in [2.45, 2.75) is 136 Å². The first-order chi connectivity index (χ1) is 15.7. The monoisotopic (exact) mass is 456 g/mol. The predicted molar refractivity (Wildman–Crippen MR) is 136 cm³/mol. The maximum absolute atomic E-state index is 11.7. The molecule has 192 valence electrons. The summed E-state index contributed by atoms with van der Waals surface area (Å²) >= 11 is 0. The highest BCUT2D eigenvalue weighted by molar-refractivity contribution is 5.69. The fraction of sp³-hybridized carbons (Fsp3) is 0.964. The van der Waals surface area contributed by atoms with Crippen molar-refractivity contribution < 1.29 is 19.0 Å². The van der Waals surface area contributed by atoms with Crippen LogP contribution >= 0.6 is 0 Å². The number of rotatable bonds is 26. The molecule has 0 radical (unpaired) electrons. The van der Waals surface area contributed by atoms with Gasteiger partial charge in [0.25, 0.3) is 0 Å². The number of carbonyl (C=O) groups is 1. The molecule has 0 N–H and O–H groups in total. The first-order valence-corrected chi connectivity index (χ1v) is 14.1. The molecule has 0 heterocycles. The Hall–Kier alpha value is -0.610. The van der Waals surface area contributed by atoms with Crippen LogP contribution in [-0.4, -0.2) is 39.0 Å². The summed E-state index contributed by atoms with van der Waals surface area (Å²) in [6.45, 7) is 9.76. The average Bonchev–Trinajstić information content (AvgIpc) is 2.79. The van der Waals surface area contributed by atoms with E-state index in [1.165, 1.54) is 89.9 Å². The van der Waals surface area contributed by atoms with Crippen molar-refractivity contribution in [3.63, 3.8) is 0 Å². The Balaban J connectivity index is 3.82. The van der Waals surface area contributed by atoms with Gasteiger partial charge in [-0.25, -0.2) is 0 Å². The molecule has 0 spiro atoms. The number of hydrogen-bond acceptors (Lipinski definition) is 4. The van der Waals surface area contributed by atoms with E-state index in [0.29, 0.717) is 26.2 Å². The number of carbonyl (C=O) groups excluding carboxylic acids is 1. The third-order valence-electron chi connectivity index (χ3n) is 5.93. The van der Waals surface area contributed by atoms with Crippen molar-refractivity contribution >= 4 is 5.97 Å². The van der Waals surface area contributed by atoms with Crippen molar-refractivity contribution in [1.29, 1.82) is 0 Å². The minimum Gasteiger partial charge on any atom is -0.465 e. The number of ether oxygens (including phenoxy) is 3. The molecule has 0 aromatic heterocycles. The zero-order valence-corrected chi connectivity index (χ0v) is 22.0. The van der Waals surface area contributed by atoms with Gasteiger partial charge < -0.3 is 14.2 Å². The van der Waals surface area contributed by atoms with E-state index in [-0.39, 0.29) is 11.9 Å². The van der Waals surface area contributed by atoms with Crippen LogP contribution in [0, 0.1) is 5.92 Å². The van der Waals surface area contributed by atoms with E-state index in [9.17, 15) is 4.79 Å². The molecule has 0 saturated carbocycles. The number of unbranched alkanes of at least 4 members (excludes halogenated alkanes) is 14. The summed E-state index contributed by atoms with van der Waals surface area (Å²) in [5, 5.41) is 0. The van der Waals surface area contributed by atoms with E-state index in [0.717, 1.165) is 32.5 Å². The molecule has 32 heavy (non-hydrogen) atoms. The first-order valence-electron chi connectivity index (χ1n) is 14.1. The van der Waals surface area contributed by atoms with Gasteiger partial charge in [-0.15, -0.1) is 0 Å². The van der Waals surface area contributed by atoms with Crippen LogP contribution in [0.3, 0.4) is 0 Å². The summed E-state index contributed by atoms with van der Waals surface area (Å²) in [6.07, 6.45) is 22.2. The highest BCUT2D eigenvalue weighted by Crippen LogP contribution is 2.10. The van der Waals surface area contributed by atoms with Crippen molar-refractivity contribution in [1.82, 2.24) is 0 Å². The maximum atomic E-state index is 11.7. The predicted octanol–water partition coefficient (Wildman–Crippen LogP) is 8.26. The maximum Gasteiger partial charge on any atom is 0.305 e. The normalized spacial score (nSPS) is 11.4. The van der Waals surface area contributed by atoms with Gasteiger partial charge in [0.15, 0.2) is 0 Å². The van der Waals surface area contributed by atoms with Gasteiger partial charge in [-0.05, 0) is 19.3 Å². The van der Waals surface area contributed by atoms with Crippen LogP contribution in [-0.2, 0) is 19.0 Å². The Morgan fingerprint density at radius 3 is 1.34 bits per heavy atom. The van der Waals surface area contributed by atoms with E-state index >= 15 is 0 Å². The Bertz CT molecular complexity index is 348. The summed E-state index contributed by atoms with van der Waals surface area (Å²) in [4.78, 5) is 11.7. The molecule has 4 nitrogen and oxygen atoms in total. The fourth-order valence-electron chi connectivity index (χ4n) is 3.81. The van der Waals surface area contributed by atoms with Gasteiger partial charge in [-0.3, -0.25) is 4.79 Å². The topological polar surface area (TPSA) is 44.8 Å². The average molecular weight is 457 g/mol. The van der Waals surface area contributed by atoms with Gasteiger partial charge in [0.1, 0.15) is 0 Å². The number of hydrogen-bond donors (Lipinski definition) is 0. The smallest absolute Gasteiger partial charge is 0.305 e. The van der Waals surface area contributed by atoms with Crippen LogP contribution in [0.2, 0.25) is 0 Å². The minimum absolute atomic E-state index is 0.108. The van der Waals surface area contributed by atoms with Gasteiger partial charge >= 0.3 is 5.97 Å². The van der Waals surface area contributed by atoms with Crippen LogP contribution in [0.4, 0.5) is 0 Å². The summed E-state index contributed by atoms with van der Waals surface area (Å²) in [5.41, 5.74) is 0. The van der Waals surface area contributed by atoms with Crippen molar-refractivity contribution in [2.24, 2.45) is 5.92 Å². The minimum atomic E-state index is -0.108. The van der Waals surface area contributed by atoms with Gasteiger partial charge in [0.05, 0.1) is 19.8 Å². The molecule has 0 fully saturated rings. The lowest BCUT2D eigenvalue weighted by molar-refractivity contribution is -0.146. The molecule has 0 saturated heterocycles. The van der Waals surface area contributed by atoms with Crippen molar-refractivity contribution in [2.75, 3.05) is 33.0 Å². The summed E-state index contributed by atoms with van der Waals surface area (Å²) in [6, 6.07) is 0. The van der Waals surface area contributed by atoms with Crippen LogP contribution < -0.4 is 0 Å². The van der Waals surface area contributed by atoms with E-state index in [4.69, 9.17) is 14.2 Å². The third-order valence-corrected chi connectivity index (χ3v) is 5.93. The molecule has 0 amide bonds. The highest BCUT2D eigenvalue weighted by Gasteiger charge is 2.13. The van der Waals surface area contributed by atoms with Gasteiger partial charge in [0.2, 0.25) is 0 Å². The summed E-state index contributed by atoms with van der Waals surface area (Å²) < 4.78 is 17.2. The molecule has 0 rings (SSSR count). The van der Waals surface area contributed by atoms with E-state index in [1.54, 1.807) is 0 Å². The lowest BCUT2D eigenvalue weighted by atomic mass is 10.1. The van der Waals surface area contributed by atoms with E-state index in [1.807, 2.05) is 6.92 Å². The standard InChI is InChI=1S/C28H56O4/c1-4-7-9-11-13-15-17-19-22-30-24-27(26-32-28(29)21-6-3)25-31-23-20-18-16-14-12-10-8-5-2/h27H,4-26H2,1-3H3. The molecule has 0 aromatic carbocycles. The molecule has 0 aliphatic carbocycles. The molecular formula is C28H56O4. The second-order valence-corrected chi connectivity index (χ2v) is 9.40. The summed E-state index contributed by atoms with van der Waals surface area (Å²) in [7, 11) is 0. The van der Waals surface area contributed by atoms with Crippen molar-refractivity contribution in [3.8, 4) is 0 Å². The van der Waals surface area contributed by atoms with Crippen LogP contribution in [0.1, 0.15) is 136 Å². The fourth-order valence-corrected chi connectivity index (χ4v) is 3.81. The van der Waals surface area contributed by atoms with Crippen LogP contribution in [0.15, 0.2) is 0 Å². The second-order valence-electron chi connectivity index (χ2n) is 9.40. The van der Waals surface area contributed by atoms with E-state index < -0.39 is 0 Å². The molecule has 0 atom stereocenters. The van der Waals surface area contributed by atoms with E-state index in [2.05, 4.69) is 13.8 Å². The lowest BCUT2D eigenvalue weighted by Crippen LogP contribution is -2.24. The zero-order valence-electron chi connectivity index (χ0n) is 22.0. The van der Waals surface area contributed by atoms with Gasteiger partial charge in [-0.2, -0.15) is 0 Å². The molecule has 0 aromatic rings. The Labute approximate surface area is 200 Å². The second kappa shape index (κ2) is 26.6. The lowest BCUT2D eigenvalue weighted by Gasteiger charge is -2.17. The third kappa shape index (κ3) is 24.0. The largest absolute Gasteiger partial charge is 0.465 e. The molecule has 0 aliphatic rings. The molecule has 4 heteroatoms.